The molecule has 5 heteroatoms. The molecule has 21 heavy (non-hydrogen) atoms. The Bertz CT molecular complexity index is 620. The summed E-state index contributed by atoms with van der Waals surface area (Å²) in [7, 11) is 0. The van der Waals surface area contributed by atoms with Crippen molar-refractivity contribution in [2.75, 3.05) is 11.9 Å². The number of aromatic nitrogens is 2. The van der Waals surface area contributed by atoms with Gasteiger partial charge < -0.3 is 10.4 Å². The second-order valence-corrected chi connectivity index (χ2v) is 6.74. The zero-order valence-electron chi connectivity index (χ0n) is 12.0. The molecule has 1 aliphatic rings. The van der Waals surface area contributed by atoms with E-state index in [1.54, 1.807) is 6.33 Å². The molecule has 0 radical (unpaired) electrons. The van der Waals surface area contributed by atoms with Gasteiger partial charge in [-0.25, -0.2) is 9.97 Å². The van der Waals surface area contributed by atoms with Crippen molar-refractivity contribution in [1.29, 1.82) is 0 Å². The average molecular weight is 350 g/mol. The molecule has 112 valence electrons. The Morgan fingerprint density at radius 1 is 1.19 bits per heavy atom. The Balaban J connectivity index is 1.97. The van der Waals surface area contributed by atoms with Crippen LogP contribution in [0.1, 0.15) is 38.5 Å². The minimum Gasteiger partial charge on any atom is -0.396 e. The summed E-state index contributed by atoms with van der Waals surface area (Å²) in [5, 5.41) is 14.1. The quantitative estimate of drug-likeness (QED) is 0.878. The lowest BCUT2D eigenvalue weighted by Crippen LogP contribution is -2.41. The molecule has 0 unspecified atom stereocenters. The third-order valence-electron chi connectivity index (χ3n) is 4.38. The predicted molar refractivity (Wildman–Crippen MR) is 88.4 cm³/mol. The Kier molecular flexibility index (Phi) is 4.40. The summed E-state index contributed by atoms with van der Waals surface area (Å²) in [6.07, 6.45) is 8.25. The van der Waals surface area contributed by atoms with Crippen LogP contribution in [0.25, 0.3) is 10.9 Å². The van der Waals surface area contributed by atoms with Crippen LogP contribution >= 0.6 is 15.9 Å². The van der Waals surface area contributed by atoms with Gasteiger partial charge in [0.05, 0.1) is 5.52 Å². The number of halogens is 1. The normalized spacial score (nSPS) is 17.8. The third-order valence-corrected chi connectivity index (χ3v) is 4.88. The molecule has 1 saturated carbocycles. The van der Waals surface area contributed by atoms with Gasteiger partial charge in [-0.3, -0.25) is 0 Å². The van der Waals surface area contributed by atoms with E-state index in [0.717, 1.165) is 40.5 Å². The molecule has 0 atom stereocenters. The summed E-state index contributed by atoms with van der Waals surface area (Å²) in [4.78, 5) is 8.77. The van der Waals surface area contributed by atoms with E-state index in [-0.39, 0.29) is 12.1 Å². The molecule has 3 rings (SSSR count). The molecule has 0 aliphatic heterocycles. The van der Waals surface area contributed by atoms with Crippen LogP contribution in [0.4, 0.5) is 5.82 Å². The largest absolute Gasteiger partial charge is 0.396 e. The summed E-state index contributed by atoms with van der Waals surface area (Å²) < 4.78 is 1.02. The molecule has 1 heterocycles. The van der Waals surface area contributed by atoms with Crippen molar-refractivity contribution in [2.24, 2.45) is 0 Å². The van der Waals surface area contributed by atoms with Gasteiger partial charge in [0.15, 0.2) is 0 Å². The van der Waals surface area contributed by atoms with Gasteiger partial charge in [-0.05, 0) is 37.5 Å². The molecular formula is C16H20BrN3O. The Morgan fingerprint density at radius 3 is 2.76 bits per heavy atom. The number of benzene rings is 1. The van der Waals surface area contributed by atoms with Gasteiger partial charge in [0.25, 0.3) is 0 Å². The monoisotopic (exact) mass is 349 g/mol. The number of hydrogen-bond acceptors (Lipinski definition) is 4. The second-order valence-electron chi connectivity index (χ2n) is 5.82. The molecule has 2 N–H and O–H groups in total. The van der Waals surface area contributed by atoms with E-state index in [2.05, 4.69) is 31.2 Å². The lowest BCUT2D eigenvalue weighted by molar-refractivity contribution is 0.215. The zero-order valence-corrected chi connectivity index (χ0v) is 13.6. The number of nitrogens with zero attached hydrogens (tertiary/aromatic N) is 2. The first-order chi connectivity index (χ1) is 10.2. The Morgan fingerprint density at radius 2 is 2.00 bits per heavy atom. The lowest BCUT2D eigenvalue weighted by Gasteiger charge is -2.38. The van der Waals surface area contributed by atoms with Crippen LogP contribution in [-0.2, 0) is 0 Å². The summed E-state index contributed by atoms with van der Waals surface area (Å²) >= 11 is 3.51. The molecule has 0 saturated heterocycles. The molecule has 0 amide bonds. The predicted octanol–water partition coefficient (Wildman–Crippen LogP) is 3.89. The van der Waals surface area contributed by atoms with E-state index in [1.807, 2.05) is 18.2 Å². The molecular weight excluding hydrogens is 330 g/mol. The summed E-state index contributed by atoms with van der Waals surface area (Å²) in [6.45, 7) is 0.208. The van der Waals surface area contributed by atoms with E-state index < -0.39 is 0 Å². The molecule has 0 bridgehead atoms. The molecule has 4 nitrogen and oxygen atoms in total. The van der Waals surface area contributed by atoms with E-state index in [0.29, 0.717) is 0 Å². The van der Waals surface area contributed by atoms with Crippen molar-refractivity contribution < 1.29 is 5.11 Å². The smallest absolute Gasteiger partial charge is 0.137 e. The first-order valence-corrected chi connectivity index (χ1v) is 8.31. The first kappa shape index (κ1) is 14.7. The van der Waals surface area contributed by atoms with Gasteiger partial charge in [0, 0.05) is 22.0 Å². The van der Waals surface area contributed by atoms with Crippen molar-refractivity contribution >= 4 is 32.7 Å². The fourth-order valence-corrected chi connectivity index (χ4v) is 3.62. The Labute approximate surface area is 133 Å². The zero-order chi connectivity index (χ0) is 14.7. The highest BCUT2D eigenvalue weighted by Crippen LogP contribution is 2.35. The maximum atomic E-state index is 9.44. The van der Waals surface area contributed by atoms with Crippen LogP contribution < -0.4 is 5.32 Å². The summed E-state index contributed by atoms with van der Waals surface area (Å²) in [6, 6.07) is 6.03. The minimum absolute atomic E-state index is 0.0311. The highest BCUT2D eigenvalue weighted by atomic mass is 79.9. The maximum Gasteiger partial charge on any atom is 0.137 e. The van der Waals surface area contributed by atoms with Crippen LogP contribution in [0.2, 0.25) is 0 Å². The van der Waals surface area contributed by atoms with Crippen molar-refractivity contribution in [3.05, 3.63) is 29.0 Å². The van der Waals surface area contributed by atoms with Gasteiger partial charge in [0.1, 0.15) is 12.1 Å². The van der Waals surface area contributed by atoms with Crippen molar-refractivity contribution in [2.45, 2.75) is 44.1 Å². The lowest BCUT2D eigenvalue weighted by atomic mass is 9.79. The number of aliphatic hydroxyl groups excluding tert-OH is 1. The molecule has 1 fully saturated rings. The van der Waals surface area contributed by atoms with Gasteiger partial charge in [-0.15, -0.1) is 0 Å². The van der Waals surface area contributed by atoms with Crippen molar-refractivity contribution in [1.82, 2.24) is 9.97 Å². The Hall–Kier alpha value is -1.20. The van der Waals surface area contributed by atoms with Crippen LogP contribution in [0.15, 0.2) is 29.0 Å². The van der Waals surface area contributed by atoms with Gasteiger partial charge >= 0.3 is 0 Å². The number of anilines is 1. The van der Waals surface area contributed by atoms with Gasteiger partial charge in [0.2, 0.25) is 0 Å². The molecule has 1 aromatic carbocycles. The third kappa shape index (κ3) is 3.19. The van der Waals surface area contributed by atoms with E-state index in [9.17, 15) is 5.11 Å². The van der Waals surface area contributed by atoms with Crippen LogP contribution in [-0.4, -0.2) is 27.2 Å². The van der Waals surface area contributed by atoms with Gasteiger partial charge in [-0.1, -0.05) is 35.2 Å². The molecule has 2 aromatic rings. The van der Waals surface area contributed by atoms with Crippen LogP contribution in [0, 0.1) is 0 Å². The fourth-order valence-electron chi connectivity index (χ4n) is 3.26. The first-order valence-electron chi connectivity index (χ1n) is 7.52. The second kappa shape index (κ2) is 6.28. The van der Waals surface area contributed by atoms with Crippen LogP contribution in [0.3, 0.4) is 0 Å². The van der Waals surface area contributed by atoms with E-state index >= 15 is 0 Å². The summed E-state index contributed by atoms with van der Waals surface area (Å²) in [5.41, 5.74) is 0.905. The minimum atomic E-state index is -0.0311. The standard InChI is InChI=1S/C16H20BrN3O/c17-12-4-5-14-13(10-12)15(19-11-18-14)20-16(8-9-21)6-2-1-3-7-16/h4-5,10-11,21H,1-3,6-9H2,(H,18,19,20). The SMILES string of the molecule is OCCC1(Nc2ncnc3ccc(Br)cc23)CCCCC1. The highest BCUT2D eigenvalue weighted by Gasteiger charge is 2.32. The van der Waals surface area contributed by atoms with E-state index in [1.165, 1.54) is 19.3 Å². The van der Waals surface area contributed by atoms with Gasteiger partial charge in [-0.2, -0.15) is 0 Å². The van der Waals surface area contributed by atoms with Crippen molar-refractivity contribution in [3.8, 4) is 0 Å². The number of hydrogen-bond donors (Lipinski definition) is 2. The number of aliphatic hydroxyl groups is 1. The topological polar surface area (TPSA) is 58.0 Å². The molecule has 1 aliphatic carbocycles. The highest BCUT2D eigenvalue weighted by molar-refractivity contribution is 9.10. The molecule has 0 spiro atoms. The van der Waals surface area contributed by atoms with E-state index in [4.69, 9.17) is 0 Å². The average Bonchev–Trinajstić information content (AvgIpc) is 2.49. The van der Waals surface area contributed by atoms with Crippen LogP contribution in [0.5, 0.6) is 0 Å². The number of fused-ring (bicyclic) bond motifs is 1. The number of rotatable bonds is 4. The molecule has 1 aromatic heterocycles. The number of nitrogens with one attached hydrogen (secondary N) is 1. The summed E-state index contributed by atoms with van der Waals surface area (Å²) in [5.74, 6) is 0.872. The maximum absolute atomic E-state index is 9.44. The van der Waals surface area contributed by atoms with Crippen molar-refractivity contribution in [3.63, 3.8) is 0 Å². The fraction of sp³-hybridized carbons (Fsp3) is 0.500.